The molecular weight excluding hydrogens is 260 g/mol. The molecule has 2 amide bonds. The number of carbonyl (C=O) groups is 2. The number of hydrogen-bond acceptors (Lipinski definition) is 3. The van der Waals surface area contributed by atoms with Crippen molar-refractivity contribution in [3.8, 4) is 0 Å². The SMILES string of the molecule is CC(C)(CCNC(=O)NC1CCCOC1)CCC(=O)O. The molecule has 1 rings (SSSR count). The summed E-state index contributed by atoms with van der Waals surface area (Å²) < 4.78 is 5.30. The highest BCUT2D eigenvalue weighted by molar-refractivity contribution is 5.74. The molecular formula is C14H26N2O4. The van der Waals surface area contributed by atoms with Gasteiger partial charge in [0.1, 0.15) is 0 Å². The molecule has 0 bridgehead atoms. The lowest BCUT2D eigenvalue weighted by Crippen LogP contribution is -2.46. The summed E-state index contributed by atoms with van der Waals surface area (Å²) >= 11 is 0. The fraction of sp³-hybridized carbons (Fsp3) is 0.857. The van der Waals surface area contributed by atoms with Crippen molar-refractivity contribution in [3.05, 3.63) is 0 Å². The third-order valence-electron chi connectivity index (χ3n) is 3.60. The van der Waals surface area contributed by atoms with Crippen molar-refractivity contribution in [3.63, 3.8) is 0 Å². The fourth-order valence-corrected chi connectivity index (χ4v) is 2.18. The van der Waals surface area contributed by atoms with E-state index in [4.69, 9.17) is 9.84 Å². The van der Waals surface area contributed by atoms with E-state index in [1.807, 2.05) is 13.8 Å². The standard InChI is InChI=1S/C14H26N2O4/c1-14(2,6-5-12(17)18)7-8-15-13(19)16-11-4-3-9-20-10-11/h11H,3-10H2,1-2H3,(H,17,18)(H2,15,16,19). The summed E-state index contributed by atoms with van der Waals surface area (Å²) in [6, 6.07) is -0.0710. The molecule has 1 fully saturated rings. The summed E-state index contributed by atoms with van der Waals surface area (Å²) in [5, 5.41) is 14.4. The van der Waals surface area contributed by atoms with E-state index < -0.39 is 5.97 Å². The maximum absolute atomic E-state index is 11.7. The highest BCUT2D eigenvalue weighted by Crippen LogP contribution is 2.25. The van der Waals surface area contributed by atoms with Crippen molar-refractivity contribution < 1.29 is 19.4 Å². The van der Waals surface area contributed by atoms with Crippen LogP contribution in [0.5, 0.6) is 0 Å². The third-order valence-corrected chi connectivity index (χ3v) is 3.60. The number of carbonyl (C=O) groups excluding carboxylic acids is 1. The molecule has 6 heteroatoms. The van der Waals surface area contributed by atoms with E-state index in [-0.39, 0.29) is 23.9 Å². The van der Waals surface area contributed by atoms with Crippen LogP contribution in [-0.2, 0) is 9.53 Å². The molecule has 0 aromatic rings. The first-order valence-electron chi connectivity index (χ1n) is 7.23. The zero-order valence-corrected chi connectivity index (χ0v) is 12.4. The van der Waals surface area contributed by atoms with E-state index in [0.717, 1.165) is 25.9 Å². The van der Waals surface area contributed by atoms with Gasteiger partial charge in [-0.2, -0.15) is 0 Å². The number of aliphatic carboxylic acids is 1. The predicted molar refractivity (Wildman–Crippen MR) is 75.6 cm³/mol. The number of ether oxygens (including phenoxy) is 1. The number of carboxylic acids is 1. The number of nitrogens with one attached hydrogen (secondary N) is 2. The second-order valence-corrected chi connectivity index (χ2v) is 6.12. The van der Waals surface area contributed by atoms with Crippen LogP contribution in [0, 0.1) is 5.41 Å². The summed E-state index contributed by atoms with van der Waals surface area (Å²) in [6.45, 7) is 5.94. The Morgan fingerprint density at radius 3 is 2.70 bits per heavy atom. The van der Waals surface area contributed by atoms with Gasteiger partial charge in [0.15, 0.2) is 0 Å². The van der Waals surface area contributed by atoms with Crippen molar-refractivity contribution in [1.29, 1.82) is 0 Å². The molecule has 1 aliphatic heterocycles. The van der Waals surface area contributed by atoms with Crippen LogP contribution in [-0.4, -0.2) is 42.9 Å². The largest absolute Gasteiger partial charge is 0.481 e. The van der Waals surface area contributed by atoms with Gasteiger partial charge >= 0.3 is 12.0 Å². The zero-order chi connectivity index (χ0) is 15.0. The van der Waals surface area contributed by atoms with E-state index in [0.29, 0.717) is 19.6 Å². The van der Waals surface area contributed by atoms with Gasteiger partial charge in [-0.1, -0.05) is 13.8 Å². The predicted octanol–water partition coefficient (Wildman–Crippen LogP) is 1.75. The molecule has 1 unspecified atom stereocenters. The van der Waals surface area contributed by atoms with Gasteiger partial charge < -0.3 is 20.5 Å². The lowest BCUT2D eigenvalue weighted by Gasteiger charge is -2.25. The minimum atomic E-state index is -0.777. The van der Waals surface area contributed by atoms with Crippen molar-refractivity contribution >= 4 is 12.0 Å². The summed E-state index contributed by atoms with van der Waals surface area (Å²) in [7, 11) is 0. The molecule has 0 aromatic carbocycles. The Labute approximate surface area is 120 Å². The first-order chi connectivity index (χ1) is 9.39. The van der Waals surface area contributed by atoms with Gasteiger partial charge in [-0.05, 0) is 31.1 Å². The van der Waals surface area contributed by atoms with Crippen molar-refractivity contribution in [2.75, 3.05) is 19.8 Å². The van der Waals surface area contributed by atoms with Gasteiger partial charge in [-0.3, -0.25) is 4.79 Å². The van der Waals surface area contributed by atoms with Crippen LogP contribution in [0.2, 0.25) is 0 Å². The summed E-state index contributed by atoms with van der Waals surface area (Å²) in [5.74, 6) is -0.777. The van der Waals surface area contributed by atoms with Crippen LogP contribution in [0.4, 0.5) is 4.79 Å². The van der Waals surface area contributed by atoms with Crippen LogP contribution >= 0.6 is 0 Å². The minimum absolute atomic E-state index is 0.0837. The molecule has 1 saturated heterocycles. The molecule has 0 saturated carbocycles. The molecule has 3 N–H and O–H groups in total. The van der Waals surface area contributed by atoms with Crippen LogP contribution in [0.1, 0.15) is 46.0 Å². The lowest BCUT2D eigenvalue weighted by molar-refractivity contribution is -0.137. The highest BCUT2D eigenvalue weighted by atomic mass is 16.5. The molecule has 0 spiro atoms. The number of hydrogen-bond donors (Lipinski definition) is 3. The Bertz CT molecular complexity index is 325. The Hall–Kier alpha value is -1.30. The topological polar surface area (TPSA) is 87.7 Å². The summed E-state index contributed by atoms with van der Waals surface area (Å²) in [4.78, 5) is 22.2. The molecule has 6 nitrogen and oxygen atoms in total. The molecule has 1 atom stereocenters. The van der Waals surface area contributed by atoms with Crippen LogP contribution < -0.4 is 10.6 Å². The molecule has 0 aliphatic carbocycles. The Kier molecular flexibility index (Phi) is 6.78. The minimum Gasteiger partial charge on any atom is -0.481 e. The van der Waals surface area contributed by atoms with Gasteiger partial charge in [-0.25, -0.2) is 4.79 Å². The molecule has 1 heterocycles. The zero-order valence-electron chi connectivity index (χ0n) is 12.4. The quantitative estimate of drug-likeness (QED) is 0.665. The van der Waals surface area contributed by atoms with E-state index in [1.165, 1.54) is 0 Å². The Balaban J connectivity index is 2.15. The smallest absolute Gasteiger partial charge is 0.315 e. The average molecular weight is 286 g/mol. The molecule has 116 valence electrons. The normalized spacial score (nSPS) is 19.4. The third kappa shape index (κ3) is 7.33. The van der Waals surface area contributed by atoms with Crippen molar-refractivity contribution in [2.24, 2.45) is 5.41 Å². The van der Waals surface area contributed by atoms with Crippen LogP contribution in [0.15, 0.2) is 0 Å². The second-order valence-electron chi connectivity index (χ2n) is 6.12. The van der Waals surface area contributed by atoms with Crippen molar-refractivity contribution in [2.45, 2.75) is 52.0 Å². The number of rotatable bonds is 7. The van der Waals surface area contributed by atoms with E-state index >= 15 is 0 Å². The van der Waals surface area contributed by atoms with E-state index in [9.17, 15) is 9.59 Å². The summed E-state index contributed by atoms with van der Waals surface area (Å²) in [6.07, 6.45) is 3.47. The lowest BCUT2D eigenvalue weighted by atomic mass is 9.84. The maximum atomic E-state index is 11.7. The molecule has 1 aliphatic rings. The first-order valence-corrected chi connectivity index (χ1v) is 7.23. The Morgan fingerprint density at radius 2 is 2.10 bits per heavy atom. The second kappa shape index (κ2) is 8.09. The number of urea groups is 1. The van der Waals surface area contributed by atoms with Gasteiger partial charge in [-0.15, -0.1) is 0 Å². The average Bonchev–Trinajstić information content (AvgIpc) is 2.37. The van der Waals surface area contributed by atoms with Gasteiger partial charge in [0.05, 0.1) is 12.6 Å². The van der Waals surface area contributed by atoms with Crippen LogP contribution in [0.25, 0.3) is 0 Å². The molecule has 20 heavy (non-hydrogen) atoms. The number of amides is 2. The van der Waals surface area contributed by atoms with Gasteiger partial charge in [0, 0.05) is 19.6 Å². The van der Waals surface area contributed by atoms with Crippen LogP contribution in [0.3, 0.4) is 0 Å². The molecule has 0 aromatic heterocycles. The Morgan fingerprint density at radius 1 is 1.35 bits per heavy atom. The van der Waals surface area contributed by atoms with Gasteiger partial charge in [0.25, 0.3) is 0 Å². The summed E-state index contributed by atoms with van der Waals surface area (Å²) in [5.41, 5.74) is -0.0837. The highest BCUT2D eigenvalue weighted by Gasteiger charge is 2.20. The molecule has 0 radical (unpaired) electrons. The number of carboxylic acid groups (broad SMARTS) is 1. The maximum Gasteiger partial charge on any atom is 0.315 e. The monoisotopic (exact) mass is 286 g/mol. The first kappa shape index (κ1) is 16.8. The van der Waals surface area contributed by atoms with E-state index in [2.05, 4.69) is 10.6 Å². The van der Waals surface area contributed by atoms with Crippen molar-refractivity contribution in [1.82, 2.24) is 10.6 Å². The van der Waals surface area contributed by atoms with E-state index in [1.54, 1.807) is 0 Å². The van der Waals surface area contributed by atoms with Gasteiger partial charge in [0.2, 0.25) is 0 Å². The fourth-order valence-electron chi connectivity index (χ4n) is 2.18.